The first-order valence-electron chi connectivity index (χ1n) is 5.14. The molecule has 0 fully saturated rings. The molecule has 0 heterocycles. The average molecular weight is 266 g/mol. The highest BCUT2D eigenvalue weighted by Crippen LogP contribution is 2.00. The monoisotopic (exact) mass is 266 g/mol. The lowest BCUT2D eigenvalue weighted by Crippen LogP contribution is -2.17. The van der Waals surface area contributed by atoms with Gasteiger partial charge in [0.05, 0.1) is 23.7 Å². The van der Waals surface area contributed by atoms with Crippen molar-refractivity contribution in [3.05, 3.63) is 0 Å². The number of unbranched alkanes of at least 4 members (excludes halogenated alkanes) is 1. The Hall–Kier alpha value is -0.360. The van der Waals surface area contributed by atoms with Gasteiger partial charge in [0.25, 0.3) is 0 Å². The molecule has 94 valence electrons. The Morgan fingerprint density at radius 1 is 0.938 bits per heavy atom. The Labute approximate surface area is 107 Å². The van der Waals surface area contributed by atoms with E-state index in [2.05, 4.69) is 25.3 Å². The van der Waals surface area contributed by atoms with Crippen LogP contribution in [0.15, 0.2) is 0 Å². The van der Waals surface area contributed by atoms with Crippen LogP contribution in [0.3, 0.4) is 0 Å². The highest BCUT2D eigenvalue weighted by Gasteiger charge is 2.09. The van der Waals surface area contributed by atoms with Gasteiger partial charge in [-0.05, 0) is 26.7 Å². The van der Waals surface area contributed by atoms with Crippen LogP contribution in [-0.4, -0.2) is 35.7 Å². The number of carbonyl (C=O) groups excluding carboxylic acids is 2. The zero-order valence-electron chi connectivity index (χ0n) is 9.51. The van der Waals surface area contributed by atoms with Gasteiger partial charge >= 0.3 is 11.9 Å². The number of carbonyl (C=O) groups is 2. The predicted molar refractivity (Wildman–Crippen MR) is 68.0 cm³/mol. The Morgan fingerprint density at radius 3 is 1.50 bits per heavy atom. The number of rotatable bonds is 7. The predicted octanol–water partition coefficient (Wildman–Crippen LogP) is 1.49. The summed E-state index contributed by atoms with van der Waals surface area (Å²) in [4.78, 5) is 22.0. The molecule has 2 unspecified atom stereocenters. The summed E-state index contributed by atoms with van der Waals surface area (Å²) in [6, 6.07) is 0. The largest absolute Gasteiger partial charge is 0.465 e. The van der Waals surface area contributed by atoms with E-state index in [1.54, 1.807) is 13.8 Å². The van der Waals surface area contributed by atoms with Crippen LogP contribution in [0.4, 0.5) is 0 Å². The Balaban J connectivity index is 3.35. The Kier molecular flexibility index (Phi) is 8.56. The van der Waals surface area contributed by atoms with E-state index in [0.29, 0.717) is 26.1 Å². The maximum atomic E-state index is 11.0. The van der Waals surface area contributed by atoms with E-state index in [-0.39, 0.29) is 11.9 Å². The molecule has 0 aliphatic carbocycles. The van der Waals surface area contributed by atoms with Crippen LogP contribution in [0.2, 0.25) is 0 Å². The fourth-order valence-corrected chi connectivity index (χ4v) is 0.940. The molecule has 0 radical (unpaired) electrons. The van der Waals surface area contributed by atoms with Gasteiger partial charge in [0.1, 0.15) is 0 Å². The van der Waals surface area contributed by atoms with Gasteiger partial charge in [-0.3, -0.25) is 9.59 Å². The third-order valence-electron chi connectivity index (χ3n) is 1.71. The fourth-order valence-electron chi connectivity index (χ4n) is 0.791. The minimum atomic E-state index is -0.400. The summed E-state index contributed by atoms with van der Waals surface area (Å²) >= 11 is 7.87. The van der Waals surface area contributed by atoms with Gasteiger partial charge < -0.3 is 9.47 Å². The normalized spacial score (nSPS) is 14.0. The topological polar surface area (TPSA) is 52.6 Å². The second-order valence-electron chi connectivity index (χ2n) is 3.39. The lowest BCUT2D eigenvalue weighted by atomic mass is 10.3. The quantitative estimate of drug-likeness (QED) is 0.416. The molecule has 0 saturated heterocycles. The summed E-state index contributed by atoms with van der Waals surface area (Å²) in [5.41, 5.74) is 0. The Bertz CT molecular complexity index is 205. The van der Waals surface area contributed by atoms with Crippen LogP contribution in [-0.2, 0) is 19.1 Å². The van der Waals surface area contributed by atoms with Gasteiger partial charge in [-0.2, -0.15) is 25.3 Å². The third-order valence-corrected chi connectivity index (χ3v) is 2.13. The molecule has 0 rings (SSSR count). The SMILES string of the molecule is CC(S)C(=O)OCCCCOC(=O)C(C)S. The van der Waals surface area contributed by atoms with Gasteiger partial charge in [0.15, 0.2) is 0 Å². The smallest absolute Gasteiger partial charge is 0.318 e. The lowest BCUT2D eigenvalue weighted by molar-refractivity contribution is -0.145. The molecule has 4 nitrogen and oxygen atoms in total. The summed E-state index contributed by atoms with van der Waals surface area (Å²) < 4.78 is 9.77. The van der Waals surface area contributed by atoms with Crippen molar-refractivity contribution in [3.8, 4) is 0 Å². The zero-order chi connectivity index (χ0) is 12.6. The van der Waals surface area contributed by atoms with Crippen molar-refractivity contribution in [1.29, 1.82) is 0 Å². The van der Waals surface area contributed by atoms with E-state index in [0.717, 1.165) is 0 Å². The second kappa shape index (κ2) is 8.75. The summed E-state index contributed by atoms with van der Waals surface area (Å²) in [7, 11) is 0. The van der Waals surface area contributed by atoms with E-state index in [9.17, 15) is 9.59 Å². The summed E-state index contributed by atoms with van der Waals surface area (Å²) in [5.74, 6) is -0.659. The highest BCUT2D eigenvalue weighted by atomic mass is 32.1. The molecule has 0 saturated carbocycles. The van der Waals surface area contributed by atoms with E-state index in [1.165, 1.54) is 0 Å². The van der Waals surface area contributed by atoms with E-state index < -0.39 is 10.5 Å². The number of hydrogen-bond donors (Lipinski definition) is 2. The van der Waals surface area contributed by atoms with Crippen LogP contribution in [0, 0.1) is 0 Å². The van der Waals surface area contributed by atoms with Crippen molar-refractivity contribution in [2.45, 2.75) is 37.2 Å². The van der Waals surface area contributed by atoms with Gasteiger partial charge in [-0.25, -0.2) is 0 Å². The third kappa shape index (κ3) is 7.87. The molecule has 0 aromatic carbocycles. The van der Waals surface area contributed by atoms with Crippen LogP contribution in [0.5, 0.6) is 0 Å². The summed E-state index contributed by atoms with van der Waals surface area (Å²) in [5, 5.41) is -0.800. The van der Waals surface area contributed by atoms with Crippen LogP contribution >= 0.6 is 25.3 Å². The molecule has 0 N–H and O–H groups in total. The number of ether oxygens (including phenoxy) is 2. The van der Waals surface area contributed by atoms with Gasteiger partial charge in [-0.15, -0.1) is 0 Å². The van der Waals surface area contributed by atoms with E-state index in [4.69, 9.17) is 9.47 Å². The van der Waals surface area contributed by atoms with Crippen molar-refractivity contribution >= 4 is 37.2 Å². The maximum Gasteiger partial charge on any atom is 0.318 e. The maximum absolute atomic E-state index is 11.0. The first-order chi connectivity index (χ1) is 7.45. The molecule has 0 amide bonds. The van der Waals surface area contributed by atoms with Gasteiger partial charge in [0.2, 0.25) is 0 Å². The summed E-state index contributed by atoms with van der Waals surface area (Å²) in [6.07, 6.45) is 1.33. The second-order valence-corrected chi connectivity index (χ2v) is 4.94. The number of thiol groups is 2. The molecule has 0 aromatic rings. The molecule has 0 aliphatic heterocycles. The first-order valence-corrected chi connectivity index (χ1v) is 6.18. The number of esters is 2. The molecule has 2 atom stereocenters. The van der Waals surface area contributed by atoms with E-state index >= 15 is 0 Å². The van der Waals surface area contributed by atoms with Crippen LogP contribution in [0.25, 0.3) is 0 Å². The minimum Gasteiger partial charge on any atom is -0.465 e. The average Bonchev–Trinajstić information content (AvgIpc) is 2.21. The van der Waals surface area contributed by atoms with E-state index in [1.807, 2.05) is 0 Å². The van der Waals surface area contributed by atoms with Crippen molar-refractivity contribution in [3.63, 3.8) is 0 Å². The van der Waals surface area contributed by atoms with Gasteiger partial charge in [0, 0.05) is 0 Å². The minimum absolute atomic E-state index is 0.329. The molecule has 6 heteroatoms. The molecular formula is C10H18O4S2. The highest BCUT2D eigenvalue weighted by molar-refractivity contribution is 7.81. The van der Waals surface area contributed by atoms with Crippen molar-refractivity contribution < 1.29 is 19.1 Å². The molecule has 0 aromatic heterocycles. The first kappa shape index (κ1) is 15.6. The standard InChI is InChI=1S/C10H18O4S2/c1-7(15)9(11)13-5-3-4-6-14-10(12)8(2)16/h7-8,15-16H,3-6H2,1-2H3. The fraction of sp³-hybridized carbons (Fsp3) is 0.800. The molecule has 0 aliphatic rings. The molecule has 0 bridgehead atoms. The van der Waals surface area contributed by atoms with Crippen molar-refractivity contribution in [2.24, 2.45) is 0 Å². The zero-order valence-corrected chi connectivity index (χ0v) is 11.3. The lowest BCUT2D eigenvalue weighted by Gasteiger charge is -2.08. The molecule has 0 spiro atoms. The molecule has 16 heavy (non-hydrogen) atoms. The Morgan fingerprint density at radius 2 is 1.25 bits per heavy atom. The summed E-state index contributed by atoms with van der Waals surface area (Å²) in [6.45, 7) is 3.97. The van der Waals surface area contributed by atoms with Crippen LogP contribution < -0.4 is 0 Å². The van der Waals surface area contributed by atoms with Crippen LogP contribution in [0.1, 0.15) is 26.7 Å². The number of hydrogen-bond acceptors (Lipinski definition) is 6. The van der Waals surface area contributed by atoms with Crippen molar-refractivity contribution in [1.82, 2.24) is 0 Å². The van der Waals surface area contributed by atoms with Crippen molar-refractivity contribution in [2.75, 3.05) is 13.2 Å². The molecular weight excluding hydrogens is 248 g/mol. The van der Waals surface area contributed by atoms with Gasteiger partial charge in [-0.1, -0.05) is 0 Å².